The molecule has 0 N–H and O–H groups in total. The van der Waals surface area contributed by atoms with E-state index in [0.29, 0.717) is 17.7 Å². The van der Waals surface area contributed by atoms with E-state index >= 15 is 0 Å². The zero-order valence-corrected chi connectivity index (χ0v) is 13.6. The van der Waals surface area contributed by atoms with Crippen LogP contribution in [0.25, 0.3) is 0 Å². The summed E-state index contributed by atoms with van der Waals surface area (Å²) in [6, 6.07) is 2.05. The molecular formula is C15H25N3O4. The third kappa shape index (κ3) is 4.45. The highest BCUT2D eigenvalue weighted by Crippen LogP contribution is 2.14. The van der Waals surface area contributed by atoms with E-state index in [4.69, 9.17) is 14.0 Å². The lowest BCUT2D eigenvalue weighted by Crippen LogP contribution is -2.55. The van der Waals surface area contributed by atoms with Crippen molar-refractivity contribution in [2.45, 2.75) is 26.3 Å². The van der Waals surface area contributed by atoms with Gasteiger partial charge in [0.15, 0.2) is 6.61 Å². The van der Waals surface area contributed by atoms with E-state index < -0.39 is 0 Å². The second-order valence-corrected chi connectivity index (χ2v) is 5.50. The zero-order valence-electron chi connectivity index (χ0n) is 13.6. The normalized spacial score (nSPS) is 19.4. The van der Waals surface area contributed by atoms with Gasteiger partial charge < -0.3 is 18.9 Å². The monoisotopic (exact) mass is 311 g/mol. The summed E-state index contributed by atoms with van der Waals surface area (Å²) in [5.41, 5.74) is 0. The van der Waals surface area contributed by atoms with Crippen LogP contribution in [0.15, 0.2) is 10.6 Å². The maximum absolute atomic E-state index is 12.3. The first-order valence-corrected chi connectivity index (χ1v) is 7.71. The Morgan fingerprint density at radius 1 is 1.50 bits per heavy atom. The van der Waals surface area contributed by atoms with Crippen LogP contribution in [0.4, 0.5) is 0 Å². The summed E-state index contributed by atoms with van der Waals surface area (Å²) in [4.78, 5) is 16.5. The van der Waals surface area contributed by atoms with Crippen molar-refractivity contribution in [3.63, 3.8) is 0 Å². The molecule has 1 aromatic heterocycles. The minimum absolute atomic E-state index is 0.000475. The van der Waals surface area contributed by atoms with Gasteiger partial charge in [0.2, 0.25) is 0 Å². The molecular weight excluding hydrogens is 286 g/mol. The van der Waals surface area contributed by atoms with Crippen molar-refractivity contribution in [2.24, 2.45) is 0 Å². The predicted molar refractivity (Wildman–Crippen MR) is 80.8 cm³/mol. The third-order valence-electron chi connectivity index (χ3n) is 3.96. The van der Waals surface area contributed by atoms with Crippen LogP contribution in [0.5, 0.6) is 5.88 Å². The molecule has 124 valence electrons. The summed E-state index contributed by atoms with van der Waals surface area (Å²) in [5.74, 6) is 1.02. The molecule has 0 radical (unpaired) electrons. The number of carbonyl (C=O) groups is 1. The zero-order chi connectivity index (χ0) is 15.9. The number of hydrogen-bond acceptors (Lipinski definition) is 6. The first-order valence-electron chi connectivity index (χ1n) is 7.71. The Hall–Kier alpha value is -1.60. The molecule has 0 unspecified atom stereocenters. The van der Waals surface area contributed by atoms with Crippen molar-refractivity contribution in [1.82, 2.24) is 15.0 Å². The largest absolute Gasteiger partial charge is 0.465 e. The molecule has 7 nitrogen and oxygen atoms in total. The van der Waals surface area contributed by atoms with E-state index in [-0.39, 0.29) is 12.5 Å². The molecule has 1 amide bonds. The number of carbonyl (C=O) groups excluding carboxylic acids is 1. The molecule has 0 bridgehead atoms. The van der Waals surface area contributed by atoms with Gasteiger partial charge in [-0.2, -0.15) is 0 Å². The number of aromatic nitrogens is 1. The number of methoxy groups -OCH3 is 1. The molecule has 0 aromatic carbocycles. The van der Waals surface area contributed by atoms with Crippen LogP contribution in [0, 0.1) is 6.92 Å². The van der Waals surface area contributed by atoms with Gasteiger partial charge in [-0.1, -0.05) is 6.92 Å². The second kappa shape index (κ2) is 8.14. The summed E-state index contributed by atoms with van der Waals surface area (Å²) in [6.45, 7) is 7.89. The van der Waals surface area contributed by atoms with Gasteiger partial charge in [-0.25, -0.2) is 0 Å². The smallest absolute Gasteiger partial charge is 0.260 e. The van der Waals surface area contributed by atoms with Crippen molar-refractivity contribution < 1.29 is 18.8 Å². The Morgan fingerprint density at radius 2 is 2.32 bits per heavy atom. The van der Waals surface area contributed by atoms with E-state index in [1.807, 2.05) is 4.90 Å². The predicted octanol–water partition coefficient (Wildman–Crippen LogP) is 0.931. The average molecular weight is 311 g/mol. The maximum Gasteiger partial charge on any atom is 0.260 e. The Labute approximate surface area is 131 Å². The summed E-state index contributed by atoms with van der Waals surface area (Å²) in [6.07, 6.45) is 1.01. The summed E-state index contributed by atoms with van der Waals surface area (Å²) < 4.78 is 15.4. The van der Waals surface area contributed by atoms with Crippen molar-refractivity contribution in [2.75, 3.05) is 46.5 Å². The maximum atomic E-state index is 12.3. The number of ether oxygens (including phenoxy) is 2. The Kier molecular flexibility index (Phi) is 6.21. The minimum atomic E-state index is -0.00880. The van der Waals surface area contributed by atoms with Gasteiger partial charge in [0.1, 0.15) is 5.76 Å². The van der Waals surface area contributed by atoms with Crippen LogP contribution in [0.2, 0.25) is 0 Å². The lowest BCUT2D eigenvalue weighted by molar-refractivity contribution is -0.136. The van der Waals surface area contributed by atoms with Crippen LogP contribution in [-0.2, 0) is 9.53 Å². The van der Waals surface area contributed by atoms with Gasteiger partial charge in [0.25, 0.3) is 11.8 Å². The van der Waals surface area contributed by atoms with Crippen molar-refractivity contribution in [3.05, 3.63) is 11.8 Å². The molecule has 1 aromatic rings. The number of hydrogen-bond donors (Lipinski definition) is 0. The standard InChI is InChI=1S/C15H25N3O4/c1-4-13-10-18(6-5-17(13)7-8-20-3)15(19)11-21-14-9-12(2)22-16-14/h9,13H,4-8,10-11H2,1-3H3/t13-/m0/s1. The summed E-state index contributed by atoms with van der Waals surface area (Å²) in [7, 11) is 1.71. The quantitative estimate of drug-likeness (QED) is 0.746. The highest BCUT2D eigenvalue weighted by atomic mass is 16.5. The number of aryl methyl sites for hydroxylation is 1. The lowest BCUT2D eigenvalue weighted by Gasteiger charge is -2.41. The van der Waals surface area contributed by atoms with Crippen LogP contribution >= 0.6 is 0 Å². The van der Waals surface area contributed by atoms with E-state index in [2.05, 4.69) is 17.0 Å². The molecule has 0 aliphatic carbocycles. The van der Waals surface area contributed by atoms with Crippen LogP contribution < -0.4 is 4.74 Å². The number of piperazine rings is 1. The van der Waals surface area contributed by atoms with E-state index in [1.54, 1.807) is 20.1 Å². The van der Waals surface area contributed by atoms with E-state index in [9.17, 15) is 4.79 Å². The Balaban J connectivity index is 1.81. The fourth-order valence-corrected chi connectivity index (χ4v) is 2.65. The molecule has 22 heavy (non-hydrogen) atoms. The minimum Gasteiger partial charge on any atom is -0.465 e. The van der Waals surface area contributed by atoms with Gasteiger partial charge in [-0.05, 0) is 18.5 Å². The first kappa shape index (κ1) is 16.8. The molecule has 0 saturated carbocycles. The Morgan fingerprint density at radius 3 is 2.95 bits per heavy atom. The average Bonchev–Trinajstić information content (AvgIpc) is 2.95. The van der Waals surface area contributed by atoms with Crippen molar-refractivity contribution in [3.8, 4) is 5.88 Å². The molecule has 2 rings (SSSR count). The fraction of sp³-hybridized carbons (Fsp3) is 0.733. The lowest BCUT2D eigenvalue weighted by atomic mass is 10.1. The van der Waals surface area contributed by atoms with Gasteiger partial charge in [0.05, 0.1) is 6.61 Å². The Bertz CT molecular complexity index is 477. The summed E-state index contributed by atoms with van der Waals surface area (Å²) >= 11 is 0. The molecule has 7 heteroatoms. The molecule has 1 atom stereocenters. The number of amides is 1. The number of rotatable bonds is 7. The van der Waals surface area contributed by atoms with Crippen LogP contribution in [0.1, 0.15) is 19.1 Å². The molecule has 1 aliphatic rings. The molecule has 0 spiro atoms. The third-order valence-corrected chi connectivity index (χ3v) is 3.96. The van der Waals surface area contributed by atoms with Crippen LogP contribution in [-0.4, -0.2) is 73.4 Å². The van der Waals surface area contributed by atoms with Gasteiger partial charge in [-0.15, -0.1) is 0 Å². The second-order valence-electron chi connectivity index (χ2n) is 5.50. The highest BCUT2D eigenvalue weighted by Gasteiger charge is 2.28. The van der Waals surface area contributed by atoms with Crippen LogP contribution in [0.3, 0.4) is 0 Å². The van der Waals surface area contributed by atoms with Gasteiger partial charge in [0, 0.05) is 45.4 Å². The topological polar surface area (TPSA) is 68.0 Å². The molecule has 2 heterocycles. The highest BCUT2D eigenvalue weighted by molar-refractivity contribution is 5.77. The molecule has 1 fully saturated rings. The van der Waals surface area contributed by atoms with E-state index in [1.165, 1.54) is 0 Å². The fourth-order valence-electron chi connectivity index (χ4n) is 2.65. The first-order chi connectivity index (χ1) is 10.6. The van der Waals surface area contributed by atoms with Gasteiger partial charge >= 0.3 is 0 Å². The summed E-state index contributed by atoms with van der Waals surface area (Å²) in [5, 5.41) is 3.72. The van der Waals surface area contributed by atoms with Gasteiger partial charge in [-0.3, -0.25) is 9.69 Å². The molecule has 1 saturated heterocycles. The van der Waals surface area contributed by atoms with Crippen molar-refractivity contribution in [1.29, 1.82) is 0 Å². The molecule has 1 aliphatic heterocycles. The van der Waals surface area contributed by atoms with Crippen molar-refractivity contribution >= 4 is 5.91 Å². The number of nitrogens with zero attached hydrogens (tertiary/aromatic N) is 3. The SMILES string of the molecule is CC[C@H]1CN(C(=O)COc2cc(C)on2)CCN1CCOC. The van der Waals surface area contributed by atoms with E-state index in [0.717, 1.165) is 39.2 Å².